The summed E-state index contributed by atoms with van der Waals surface area (Å²) in [6.45, 7) is 2.90. The molecule has 0 bridgehead atoms. The van der Waals surface area contributed by atoms with Gasteiger partial charge in [0.05, 0.1) is 12.3 Å². The fourth-order valence-corrected chi connectivity index (χ4v) is 3.08. The fraction of sp³-hybridized carbons (Fsp3) is 0.222. The van der Waals surface area contributed by atoms with Gasteiger partial charge >= 0.3 is 0 Å². The molecular formula is C18H17NO. The summed E-state index contributed by atoms with van der Waals surface area (Å²) in [5.74, 6) is 0. The average Bonchev–Trinajstić information content (AvgIpc) is 2.87. The normalized spacial score (nSPS) is 18.1. The Morgan fingerprint density at radius 2 is 1.85 bits per heavy atom. The Morgan fingerprint density at radius 1 is 1.05 bits per heavy atom. The van der Waals surface area contributed by atoms with Gasteiger partial charge in [0.25, 0.3) is 0 Å². The highest BCUT2D eigenvalue weighted by Gasteiger charge is 2.25. The second-order valence-electron chi connectivity index (χ2n) is 5.47. The van der Waals surface area contributed by atoms with Crippen LogP contribution in [-0.4, -0.2) is 11.6 Å². The smallest absolute Gasteiger partial charge is 0.123 e. The number of fused-ring (bicyclic) bond motifs is 3. The highest BCUT2D eigenvalue weighted by atomic mass is 16.5. The van der Waals surface area contributed by atoms with Gasteiger partial charge in [-0.1, -0.05) is 48.0 Å². The summed E-state index contributed by atoms with van der Waals surface area (Å²) in [5, 5.41) is 1.34. The van der Waals surface area contributed by atoms with Crippen molar-refractivity contribution in [3.05, 3.63) is 70.9 Å². The molecule has 20 heavy (non-hydrogen) atoms. The minimum absolute atomic E-state index is 0.0340. The van der Waals surface area contributed by atoms with Crippen molar-refractivity contribution in [2.75, 3.05) is 6.61 Å². The van der Waals surface area contributed by atoms with Crippen molar-refractivity contribution < 1.29 is 4.74 Å². The van der Waals surface area contributed by atoms with Crippen LogP contribution in [0.1, 0.15) is 28.5 Å². The van der Waals surface area contributed by atoms with Gasteiger partial charge in [0, 0.05) is 10.9 Å². The van der Waals surface area contributed by atoms with Crippen LogP contribution < -0.4 is 0 Å². The van der Waals surface area contributed by atoms with E-state index in [2.05, 4.69) is 60.4 Å². The van der Waals surface area contributed by atoms with E-state index in [0.29, 0.717) is 0 Å². The third kappa shape index (κ3) is 1.76. The zero-order valence-corrected chi connectivity index (χ0v) is 11.5. The van der Waals surface area contributed by atoms with Crippen molar-refractivity contribution in [1.29, 1.82) is 0 Å². The van der Waals surface area contributed by atoms with E-state index in [0.717, 1.165) is 13.0 Å². The number of benzene rings is 2. The van der Waals surface area contributed by atoms with E-state index in [1.807, 2.05) is 0 Å². The summed E-state index contributed by atoms with van der Waals surface area (Å²) >= 11 is 0. The monoisotopic (exact) mass is 263 g/mol. The quantitative estimate of drug-likeness (QED) is 0.701. The molecule has 1 aliphatic rings. The zero-order valence-electron chi connectivity index (χ0n) is 11.5. The number of para-hydroxylation sites is 1. The molecule has 2 heteroatoms. The van der Waals surface area contributed by atoms with E-state index in [1.54, 1.807) is 0 Å². The highest BCUT2D eigenvalue weighted by Crippen LogP contribution is 2.36. The number of nitrogens with one attached hydrogen (secondary N) is 1. The first kappa shape index (κ1) is 11.7. The summed E-state index contributed by atoms with van der Waals surface area (Å²) in [4.78, 5) is 3.55. The Morgan fingerprint density at radius 3 is 2.70 bits per heavy atom. The van der Waals surface area contributed by atoms with Gasteiger partial charge in [-0.3, -0.25) is 0 Å². The molecule has 0 unspecified atom stereocenters. The molecule has 0 saturated carbocycles. The number of ether oxygens (including phenoxy) is 1. The predicted octanol–water partition coefficient (Wildman–Crippen LogP) is 4.14. The van der Waals surface area contributed by atoms with E-state index in [1.165, 1.54) is 33.3 Å². The van der Waals surface area contributed by atoms with Crippen LogP contribution in [0, 0.1) is 6.92 Å². The van der Waals surface area contributed by atoms with E-state index < -0.39 is 0 Å². The Labute approximate surface area is 118 Å². The minimum Gasteiger partial charge on any atom is -0.367 e. The Hall–Kier alpha value is -2.06. The van der Waals surface area contributed by atoms with Crippen LogP contribution in [0.15, 0.2) is 48.5 Å². The molecule has 1 atom stereocenters. The van der Waals surface area contributed by atoms with Crippen LogP contribution in [0.4, 0.5) is 0 Å². The molecule has 0 spiro atoms. The lowest BCUT2D eigenvalue weighted by Gasteiger charge is -2.24. The highest BCUT2D eigenvalue weighted by molar-refractivity contribution is 5.85. The molecule has 0 fully saturated rings. The topological polar surface area (TPSA) is 25.0 Å². The van der Waals surface area contributed by atoms with Crippen LogP contribution in [0.5, 0.6) is 0 Å². The van der Waals surface area contributed by atoms with Crippen LogP contribution in [0.3, 0.4) is 0 Å². The molecule has 1 N–H and O–H groups in total. The summed E-state index contributed by atoms with van der Waals surface area (Å²) < 4.78 is 6.03. The maximum Gasteiger partial charge on any atom is 0.123 e. The second-order valence-corrected chi connectivity index (χ2v) is 5.47. The van der Waals surface area contributed by atoms with Gasteiger partial charge in [0.2, 0.25) is 0 Å². The van der Waals surface area contributed by atoms with Crippen molar-refractivity contribution in [3.63, 3.8) is 0 Å². The lowest BCUT2D eigenvalue weighted by atomic mass is 9.97. The molecule has 0 saturated heterocycles. The van der Waals surface area contributed by atoms with Crippen molar-refractivity contribution in [2.45, 2.75) is 19.4 Å². The average molecular weight is 263 g/mol. The maximum absolute atomic E-state index is 6.03. The first-order valence-corrected chi connectivity index (χ1v) is 7.10. The molecule has 1 aliphatic heterocycles. The molecule has 2 heterocycles. The Bertz CT molecular complexity index is 755. The number of aromatic nitrogens is 1. The van der Waals surface area contributed by atoms with Crippen molar-refractivity contribution >= 4 is 10.9 Å². The molecule has 1 aromatic heterocycles. The molecule has 2 nitrogen and oxygen atoms in total. The molecule has 3 aromatic rings. The first-order valence-electron chi connectivity index (χ1n) is 7.10. The Balaban J connectivity index is 1.87. The zero-order chi connectivity index (χ0) is 13.5. The number of hydrogen-bond acceptors (Lipinski definition) is 1. The number of aryl methyl sites for hydroxylation is 1. The largest absolute Gasteiger partial charge is 0.367 e. The molecular weight excluding hydrogens is 246 g/mol. The number of rotatable bonds is 1. The molecule has 0 radical (unpaired) electrons. The predicted molar refractivity (Wildman–Crippen MR) is 81.0 cm³/mol. The molecule has 0 aliphatic carbocycles. The van der Waals surface area contributed by atoms with Gasteiger partial charge in [-0.25, -0.2) is 0 Å². The molecule has 0 amide bonds. The van der Waals surface area contributed by atoms with E-state index in [9.17, 15) is 0 Å². The summed E-state index contributed by atoms with van der Waals surface area (Å²) in [5.41, 5.74) is 6.35. The van der Waals surface area contributed by atoms with Crippen molar-refractivity contribution in [2.24, 2.45) is 0 Å². The van der Waals surface area contributed by atoms with Crippen LogP contribution in [0.2, 0.25) is 0 Å². The molecule has 100 valence electrons. The second kappa shape index (κ2) is 4.50. The number of aromatic amines is 1. The minimum atomic E-state index is 0.0340. The fourth-order valence-electron chi connectivity index (χ4n) is 3.08. The maximum atomic E-state index is 6.03. The van der Waals surface area contributed by atoms with Crippen LogP contribution in [0.25, 0.3) is 10.9 Å². The van der Waals surface area contributed by atoms with Gasteiger partial charge in [0.1, 0.15) is 6.10 Å². The third-order valence-electron chi connectivity index (χ3n) is 4.13. The number of H-pyrrole nitrogens is 1. The Kier molecular flexibility index (Phi) is 2.64. The standard InChI is InChI=1S/C18H17NO/c1-12-6-8-13(9-7-12)18-17-15(10-11-20-18)14-4-2-3-5-16(14)19-17/h2-9,18-19H,10-11H2,1H3/t18-/m1/s1. The van der Waals surface area contributed by atoms with Crippen LogP contribution >= 0.6 is 0 Å². The first-order chi connectivity index (χ1) is 9.83. The molecule has 2 aromatic carbocycles. The van der Waals surface area contributed by atoms with Crippen molar-refractivity contribution in [1.82, 2.24) is 4.98 Å². The van der Waals surface area contributed by atoms with E-state index in [4.69, 9.17) is 4.74 Å². The van der Waals surface area contributed by atoms with Gasteiger partial charge in [0.15, 0.2) is 0 Å². The van der Waals surface area contributed by atoms with E-state index >= 15 is 0 Å². The van der Waals surface area contributed by atoms with Gasteiger partial charge in [-0.05, 0) is 30.5 Å². The van der Waals surface area contributed by atoms with Gasteiger partial charge < -0.3 is 9.72 Å². The van der Waals surface area contributed by atoms with E-state index in [-0.39, 0.29) is 6.10 Å². The van der Waals surface area contributed by atoms with Gasteiger partial charge in [-0.15, -0.1) is 0 Å². The molecule has 4 rings (SSSR count). The summed E-state index contributed by atoms with van der Waals surface area (Å²) in [6, 6.07) is 17.1. The summed E-state index contributed by atoms with van der Waals surface area (Å²) in [6.07, 6.45) is 1.02. The summed E-state index contributed by atoms with van der Waals surface area (Å²) in [7, 11) is 0. The lowest BCUT2D eigenvalue weighted by molar-refractivity contribution is 0.0677. The van der Waals surface area contributed by atoms with Crippen LogP contribution in [-0.2, 0) is 11.2 Å². The number of hydrogen-bond donors (Lipinski definition) is 1. The lowest BCUT2D eigenvalue weighted by Crippen LogP contribution is -2.16. The van der Waals surface area contributed by atoms with Crippen molar-refractivity contribution in [3.8, 4) is 0 Å². The third-order valence-corrected chi connectivity index (χ3v) is 4.13. The SMILES string of the molecule is Cc1ccc([C@H]2OCCc3c2[nH]c2ccccc32)cc1. The van der Waals surface area contributed by atoms with Gasteiger partial charge in [-0.2, -0.15) is 0 Å².